The third-order valence-corrected chi connectivity index (χ3v) is 7.93. The number of rotatable bonds is 6. The van der Waals surface area contributed by atoms with Gasteiger partial charge in [0.1, 0.15) is 0 Å². The maximum absolute atomic E-state index is 13.0. The number of anilines is 1. The van der Waals surface area contributed by atoms with Gasteiger partial charge in [0.05, 0.1) is 5.75 Å². The van der Waals surface area contributed by atoms with Gasteiger partial charge in [0.15, 0.2) is 0 Å². The first kappa shape index (κ1) is 20.6. The van der Waals surface area contributed by atoms with Crippen molar-refractivity contribution in [3.8, 4) is 0 Å². The molecule has 5 nitrogen and oxygen atoms in total. The molecule has 0 amide bonds. The highest BCUT2D eigenvalue weighted by molar-refractivity contribution is 7.88. The van der Waals surface area contributed by atoms with Gasteiger partial charge in [0.2, 0.25) is 10.0 Å². The Kier molecular flexibility index (Phi) is 6.49. The van der Waals surface area contributed by atoms with Crippen molar-refractivity contribution < 1.29 is 8.42 Å². The molecule has 1 aromatic rings. The highest BCUT2D eigenvalue weighted by Crippen LogP contribution is 2.31. The summed E-state index contributed by atoms with van der Waals surface area (Å²) in [5.74, 6) is 0.517. The van der Waals surface area contributed by atoms with Crippen LogP contribution >= 0.6 is 0 Å². The Bertz CT molecular complexity index is 732. The molecule has 0 saturated carbocycles. The van der Waals surface area contributed by atoms with Crippen molar-refractivity contribution >= 4 is 15.7 Å². The Morgan fingerprint density at radius 1 is 1.07 bits per heavy atom. The molecule has 2 heterocycles. The average molecular weight is 394 g/mol. The molecule has 1 aromatic carbocycles. The summed E-state index contributed by atoms with van der Waals surface area (Å²) < 4.78 is 27.6. The van der Waals surface area contributed by atoms with Crippen LogP contribution in [-0.2, 0) is 15.8 Å². The second kappa shape index (κ2) is 8.50. The van der Waals surface area contributed by atoms with Crippen molar-refractivity contribution in [3.05, 3.63) is 29.3 Å². The number of nitrogens with zero attached hydrogens (tertiary/aromatic N) is 3. The summed E-state index contributed by atoms with van der Waals surface area (Å²) in [6.07, 6.45) is 4.21. The van der Waals surface area contributed by atoms with Crippen LogP contribution in [0.4, 0.5) is 5.69 Å². The van der Waals surface area contributed by atoms with Crippen LogP contribution in [0.3, 0.4) is 0 Å². The van der Waals surface area contributed by atoms with E-state index < -0.39 is 10.0 Å². The number of hydrogen-bond acceptors (Lipinski definition) is 4. The number of sulfonamides is 1. The summed E-state index contributed by atoms with van der Waals surface area (Å²) in [5.41, 5.74) is 3.30. The van der Waals surface area contributed by atoms with Crippen LogP contribution in [0.25, 0.3) is 0 Å². The molecular formula is C21H35N3O2S. The van der Waals surface area contributed by atoms with E-state index in [1.807, 2.05) is 0 Å². The molecule has 2 aliphatic heterocycles. The molecule has 3 rings (SSSR count). The van der Waals surface area contributed by atoms with Crippen molar-refractivity contribution in [2.45, 2.75) is 57.2 Å². The molecule has 0 aliphatic carbocycles. The summed E-state index contributed by atoms with van der Waals surface area (Å²) in [5, 5.41) is 0. The van der Waals surface area contributed by atoms with Crippen molar-refractivity contribution in [2.75, 3.05) is 45.2 Å². The molecule has 0 spiro atoms. The van der Waals surface area contributed by atoms with E-state index in [-0.39, 0.29) is 5.75 Å². The highest BCUT2D eigenvalue weighted by atomic mass is 32.2. The summed E-state index contributed by atoms with van der Waals surface area (Å²) in [6.45, 7) is 7.65. The fourth-order valence-corrected chi connectivity index (χ4v) is 5.89. The third kappa shape index (κ3) is 4.84. The Morgan fingerprint density at radius 2 is 1.70 bits per heavy atom. The van der Waals surface area contributed by atoms with Crippen LogP contribution in [-0.4, -0.2) is 63.9 Å². The van der Waals surface area contributed by atoms with E-state index in [0.29, 0.717) is 25.0 Å². The quantitative estimate of drug-likeness (QED) is 0.744. The van der Waals surface area contributed by atoms with Crippen LogP contribution < -0.4 is 4.90 Å². The van der Waals surface area contributed by atoms with Gasteiger partial charge in [-0.15, -0.1) is 0 Å². The fourth-order valence-electron chi connectivity index (χ4n) is 4.27. The molecule has 27 heavy (non-hydrogen) atoms. The first-order valence-electron chi connectivity index (χ1n) is 10.3. The summed E-state index contributed by atoms with van der Waals surface area (Å²) in [6, 6.07) is 7.07. The first-order valence-corrected chi connectivity index (χ1v) is 11.9. The van der Waals surface area contributed by atoms with E-state index in [0.717, 1.165) is 50.0 Å². The third-order valence-electron chi connectivity index (χ3n) is 6.10. The molecule has 0 atom stereocenters. The van der Waals surface area contributed by atoms with Gasteiger partial charge >= 0.3 is 0 Å². The minimum Gasteiger partial charge on any atom is -0.371 e. The van der Waals surface area contributed by atoms with Gasteiger partial charge in [-0.05, 0) is 62.9 Å². The average Bonchev–Trinajstić information content (AvgIpc) is 3.17. The second-order valence-electron chi connectivity index (χ2n) is 8.59. The number of benzene rings is 1. The van der Waals surface area contributed by atoms with Gasteiger partial charge in [-0.1, -0.05) is 26.0 Å². The predicted octanol–water partition coefficient (Wildman–Crippen LogP) is 3.27. The summed E-state index contributed by atoms with van der Waals surface area (Å²) in [4.78, 5) is 4.69. The topological polar surface area (TPSA) is 43.9 Å². The van der Waals surface area contributed by atoms with Crippen molar-refractivity contribution in [1.29, 1.82) is 0 Å². The van der Waals surface area contributed by atoms with E-state index in [1.165, 1.54) is 5.56 Å². The molecule has 2 fully saturated rings. The van der Waals surface area contributed by atoms with E-state index in [9.17, 15) is 8.42 Å². The second-order valence-corrected chi connectivity index (χ2v) is 10.6. The van der Waals surface area contributed by atoms with Crippen LogP contribution in [0.2, 0.25) is 0 Å². The highest BCUT2D eigenvalue weighted by Gasteiger charge is 2.28. The molecule has 2 saturated heterocycles. The molecule has 0 aromatic heterocycles. The SMILES string of the molecule is CC(C)c1ccc(N2CCC(N(C)C)CC2)c(CS(=O)(=O)N2CCCC2)c1. The van der Waals surface area contributed by atoms with Crippen LogP contribution in [0.15, 0.2) is 18.2 Å². The molecule has 0 radical (unpaired) electrons. The number of piperidine rings is 1. The van der Waals surface area contributed by atoms with Crippen molar-refractivity contribution in [2.24, 2.45) is 0 Å². The maximum Gasteiger partial charge on any atom is 0.218 e. The predicted molar refractivity (Wildman–Crippen MR) is 113 cm³/mol. The van der Waals surface area contributed by atoms with Gasteiger partial charge in [-0.3, -0.25) is 0 Å². The van der Waals surface area contributed by atoms with Crippen LogP contribution in [0.5, 0.6) is 0 Å². The van der Waals surface area contributed by atoms with Crippen LogP contribution in [0, 0.1) is 0 Å². The fraction of sp³-hybridized carbons (Fsp3) is 0.714. The van der Waals surface area contributed by atoms with E-state index >= 15 is 0 Å². The Hall–Kier alpha value is -1.11. The van der Waals surface area contributed by atoms with Gasteiger partial charge in [-0.2, -0.15) is 0 Å². The van der Waals surface area contributed by atoms with Gasteiger partial charge in [0, 0.05) is 37.9 Å². The minimum atomic E-state index is -3.24. The summed E-state index contributed by atoms with van der Waals surface area (Å²) in [7, 11) is 1.05. The maximum atomic E-state index is 13.0. The molecule has 0 N–H and O–H groups in total. The first-order chi connectivity index (χ1) is 12.8. The Balaban J connectivity index is 1.85. The summed E-state index contributed by atoms with van der Waals surface area (Å²) >= 11 is 0. The van der Waals surface area contributed by atoms with Gasteiger partial charge in [-0.25, -0.2) is 12.7 Å². The van der Waals surface area contributed by atoms with E-state index in [2.05, 4.69) is 55.9 Å². The molecule has 152 valence electrons. The van der Waals surface area contributed by atoms with E-state index in [4.69, 9.17) is 0 Å². The lowest BCUT2D eigenvalue weighted by atomic mass is 9.98. The Morgan fingerprint density at radius 3 is 2.26 bits per heavy atom. The normalized spacial score (nSPS) is 20.1. The monoisotopic (exact) mass is 393 g/mol. The molecule has 0 bridgehead atoms. The van der Waals surface area contributed by atoms with Crippen molar-refractivity contribution in [1.82, 2.24) is 9.21 Å². The van der Waals surface area contributed by atoms with E-state index in [1.54, 1.807) is 4.31 Å². The Labute approximate surface area is 165 Å². The molecular weight excluding hydrogens is 358 g/mol. The van der Waals surface area contributed by atoms with Gasteiger partial charge in [0.25, 0.3) is 0 Å². The largest absolute Gasteiger partial charge is 0.371 e. The number of hydrogen-bond donors (Lipinski definition) is 0. The minimum absolute atomic E-state index is 0.122. The molecule has 6 heteroatoms. The smallest absolute Gasteiger partial charge is 0.218 e. The van der Waals surface area contributed by atoms with Crippen molar-refractivity contribution in [3.63, 3.8) is 0 Å². The standard InChI is InChI=1S/C21H35N3O2S/c1-17(2)18-7-8-21(23-13-9-20(10-14-23)22(3)4)19(15-18)16-27(25,26)24-11-5-6-12-24/h7-8,15,17,20H,5-6,9-14,16H2,1-4H3. The lowest BCUT2D eigenvalue weighted by Gasteiger charge is -2.37. The van der Waals surface area contributed by atoms with Crippen LogP contribution in [0.1, 0.15) is 56.6 Å². The molecule has 0 unspecified atom stereocenters. The zero-order valence-corrected chi connectivity index (χ0v) is 18.1. The van der Waals surface area contributed by atoms with Gasteiger partial charge < -0.3 is 9.80 Å². The lowest BCUT2D eigenvalue weighted by molar-refractivity contribution is 0.249. The zero-order valence-electron chi connectivity index (χ0n) is 17.3. The lowest BCUT2D eigenvalue weighted by Crippen LogP contribution is -2.42. The molecule has 2 aliphatic rings. The zero-order chi connectivity index (χ0) is 19.6.